The van der Waals surface area contributed by atoms with Crippen molar-refractivity contribution in [3.8, 4) is 0 Å². The highest BCUT2D eigenvalue weighted by atomic mass is 16.4. The Morgan fingerprint density at radius 1 is 0.810 bits per heavy atom. The molecule has 0 heterocycles. The van der Waals surface area contributed by atoms with E-state index >= 15 is 0 Å². The first-order valence-electron chi connectivity index (χ1n) is 14.3. The number of Topliss-reactive ketones (excluding diaryl/α,β-unsaturated/α-hetero) is 3. The van der Waals surface area contributed by atoms with Crippen molar-refractivity contribution in [1.29, 1.82) is 0 Å². The summed E-state index contributed by atoms with van der Waals surface area (Å²) in [6.45, 7) is 6.44. The fourth-order valence-electron chi connectivity index (χ4n) is 4.45. The Morgan fingerprint density at radius 3 is 1.93 bits per heavy atom. The van der Waals surface area contributed by atoms with Crippen molar-refractivity contribution in [3.63, 3.8) is 0 Å². The van der Waals surface area contributed by atoms with E-state index in [2.05, 4.69) is 10.6 Å². The number of carboxylic acid groups (broad SMARTS) is 1. The van der Waals surface area contributed by atoms with E-state index in [0.717, 1.165) is 11.1 Å². The molecule has 0 saturated heterocycles. The molecule has 0 aromatic heterocycles. The molecule has 0 aliphatic carbocycles. The molecule has 0 aliphatic rings. The lowest BCUT2D eigenvalue weighted by molar-refractivity contribution is -0.150. The van der Waals surface area contributed by atoms with Crippen molar-refractivity contribution in [3.05, 3.63) is 71.8 Å². The van der Waals surface area contributed by atoms with E-state index in [4.69, 9.17) is 0 Å². The van der Waals surface area contributed by atoms with Crippen LogP contribution < -0.4 is 10.6 Å². The Morgan fingerprint density at radius 2 is 1.38 bits per heavy atom. The monoisotopic (exact) mass is 578 g/mol. The van der Waals surface area contributed by atoms with Crippen LogP contribution in [0.25, 0.3) is 0 Å². The van der Waals surface area contributed by atoms with Gasteiger partial charge in [0.15, 0.2) is 11.6 Å². The quantitative estimate of drug-likeness (QED) is 0.228. The number of carboxylic acids is 1. The van der Waals surface area contributed by atoms with Gasteiger partial charge >= 0.3 is 5.97 Å². The van der Waals surface area contributed by atoms with E-state index < -0.39 is 40.9 Å². The Balaban J connectivity index is 1.99. The van der Waals surface area contributed by atoms with Gasteiger partial charge in [-0.1, -0.05) is 80.9 Å². The number of carbonyl (C=O) groups is 6. The van der Waals surface area contributed by atoms with E-state index in [0.29, 0.717) is 12.8 Å². The van der Waals surface area contributed by atoms with Gasteiger partial charge in [-0.2, -0.15) is 0 Å². The maximum atomic E-state index is 13.2. The molecule has 2 rings (SSSR count). The van der Waals surface area contributed by atoms with E-state index in [1.54, 1.807) is 6.92 Å². The zero-order valence-corrected chi connectivity index (χ0v) is 24.9. The first-order valence-corrected chi connectivity index (χ1v) is 14.3. The summed E-state index contributed by atoms with van der Waals surface area (Å²) < 4.78 is 0. The molecule has 0 aliphatic heterocycles. The number of aliphatic carboxylic acids is 1. The normalized spacial score (nSPS) is 13.3. The number of ketones is 3. The van der Waals surface area contributed by atoms with Crippen LogP contribution in [0, 0.1) is 11.3 Å². The number of amides is 2. The van der Waals surface area contributed by atoms with Crippen molar-refractivity contribution in [2.75, 3.05) is 0 Å². The van der Waals surface area contributed by atoms with Crippen LogP contribution in [-0.2, 0) is 41.6 Å². The molecule has 2 aromatic rings. The Kier molecular flexibility index (Phi) is 13.3. The van der Waals surface area contributed by atoms with Crippen LogP contribution in [0.4, 0.5) is 0 Å². The van der Waals surface area contributed by atoms with E-state index in [1.807, 2.05) is 67.6 Å². The Hall–Kier alpha value is -4.14. The number of hydrogen-bond donors (Lipinski definition) is 3. The third-order valence-electron chi connectivity index (χ3n) is 7.34. The molecule has 9 heteroatoms. The summed E-state index contributed by atoms with van der Waals surface area (Å²) >= 11 is 0. The molecule has 0 spiro atoms. The van der Waals surface area contributed by atoms with Gasteiger partial charge in [0.25, 0.3) is 5.91 Å². The minimum Gasteiger partial charge on any atom is -0.481 e. The maximum Gasteiger partial charge on any atom is 0.309 e. The molecule has 3 N–H and O–H groups in total. The van der Waals surface area contributed by atoms with Gasteiger partial charge in [-0.25, -0.2) is 0 Å². The van der Waals surface area contributed by atoms with Gasteiger partial charge in [-0.05, 0) is 43.7 Å². The summed E-state index contributed by atoms with van der Waals surface area (Å²) in [5.41, 5.74) is 0.376. The lowest BCUT2D eigenvalue weighted by Gasteiger charge is -2.26. The number of benzene rings is 2. The van der Waals surface area contributed by atoms with Crippen LogP contribution in [-0.4, -0.2) is 52.3 Å². The number of rotatable bonds is 18. The topological polar surface area (TPSA) is 147 Å². The van der Waals surface area contributed by atoms with Crippen LogP contribution >= 0.6 is 0 Å². The van der Waals surface area contributed by atoms with Crippen LogP contribution in [0.5, 0.6) is 0 Å². The van der Waals surface area contributed by atoms with Crippen molar-refractivity contribution >= 4 is 35.1 Å². The predicted octanol–water partition coefficient (Wildman–Crippen LogP) is 3.87. The lowest BCUT2D eigenvalue weighted by Crippen LogP contribution is -2.49. The SMILES string of the molecule is CCC(C)C(NC(=O)C(=O)CCCC(=O)C(Cc1ccccc1)NC(=O)Cc1ccccc1)C(=O)CC(C)(C)C(=O)O. The molecular formula is C33H42N2O7. The molecule has 3 unspecified atom stereocenters. The van der Waals surface area contributed by atoms with Crippen molar-refractivity contribution in [1.82, 2.24) is 10.6 Å². The number of carbonyl (C=O) groups excluding carboxylic acids is 5. The molecule has 9 nitrogen and oxygen atoms in total. The second-order valence-electron chi connectivity index (χ2n) is 11.4. The van der Waals surface area contributed by atoms with E-state index in [-0.39, 0.29) is 49.7 Å². The van der Waals surface area contributed by atoms with E-state index in [1.165, 1.54) is 13.8 Å². The highest BCUT2D eigenvalue weighted by Crippen LogP contribution is 2.24. The van der Waals surface area contributed by atoms with Gasteiger partial charge in [0.2, 0.25) is 11.7 Å². The maximum absolute atomic E-state index is 13.2. The Bertz CT molecular complexity index is 1240. The molecule has 2 amide bonds. The van der Waals surface area contributed by atoms with Gasteiger partial charge in [0.1, 0.15) is 0 Å². The summed E-state index contributed by atoms with van der Waals surface area (Å²) in [7, 11) is 0. The molecular weight excluding hydrogens is 536 g/mol. The Labute approximate surface area is 247 Å². The van der Waals surface area contributed by atoms with Crippen LogP contribution in [0.2, 0.25) is 0 Å². The number of hydrogen-bond acceptors (Lipinski definition) is 6. The smallest absolute Gasteiger partial charge is 0.309 e. The third-order valence-corrected chi connectivity index (χ3v) is 7.34. The van der Waals surface area contributed by atoms with E-state index in [9.17, 15) is 33.9 Å². The number of nitrogens with one attached hydrogen (secondary N) is 2. The van der Waals surface area contributed by atoms with Crippen molar-refractivity contribution < 1.29 is 33.9 Å². The molecule has 0 saturated carbocycles. The first-order chi connectivity index (χ1) is 19.8. The highest BCUT2D eigenvalue weighted by Gasteiger charge is 2.36. The molecule has 0 fully saturated rings. The average molecular weight is 579 g/mol. The van der Waals surface area contributed by atoms with Gasteiger partial charge < -0.3 is 15.7 Å². The van der Waals surface area contributed by atoms with Crippen molar-refractivity contribution in [2.45, 2.75) is 84.7 Å². The fourth-order valence-corrected chi connectivity index (χ4v) is 4.45. The zero-order valence-electron chi connectivity index (χ0n) is 24.9. The van der Waals surface area contributed by atoms with Crippen molar-refractivity contribution in [2.24, 2.45) is 11.3 Å². The van der Waals surface area contributed by atoms with Gasteiger partial charge in [-0.3, -0.25) is 28.8 Å². The third kappa shape index (κ3) is 11.0. The predicted molar refractivity (Wildman–Crippen MR) is 159 cm³/mol. The van der Waals surface area contributed by atoms with Gasteiger partial charge in [-0.15, -0.1) is 0 Å². The summed E-state index contributed by atoms with van der Waals surface area (Å²) in [4.78, 5) is 75.5. The minimum atomic E-state index is -1.31. The first kappa shape index (κ1) is 34.1. The fraction of sp³-hybridized carbons (Fsp3) is 0.455. The standard InChI is InChI=1S/C33H42N2O7/c1-5-22(2)30(28(38)21-33(3,4)32(41)42)35-31(40)27(37)18-12-17-26(36)25(19-23-13-8-6-9-14-23)34-29(39)20-24-15-10-7-11-16-24/h6-11,13-16,22,25,30H,5,12,17-21H2,1-4H3,(H,34,39)(H,35,40)(H,41,42). The molecule has 2 aromatic carbocycles. The molecule has 42 heavy (non-hydrogen) atoms. The van der Waals surface area contributed by atoms with Crippen LogP contribution in [0.3, 0.4) is 0 Å². The second-order valence-corrected chi connectivity index (χ2v) is 11.4. The molecule has 3 atom stereocenters. The van der Waals surface area contributed by atoms with Crippen LogP contribution in [0.15, 0.2) is 60.7 Å². The van der Waals surface area contributed by atoms with Crippen LogP contribution in [0.1, 0.15) is 70.9 Å². The molecule has 0 bridgehead atoms. The molecule has 226 valence electrons. The highest BCUT2D eigenvalue weighted by molar-refractivity contribution is 6.36. The molecule has 0 radical (unpaired) electrons. The summed E-state index contributed by atoms with van der Waals surface area (Å²) in [5, 5.41) is 14.7. The summed E-state index contributed by atoms with van der Waals surface area (Å²) in [6.07, 6.45) is 0.514. The van der Waals surface area contributed by atoms with Gasteiger partial charge in [0, 0.05) is 19.3 Å². The minimum absolute atomic E-state index is 0.0251. The summed E-state index contributed by atoms with van der Waals surface area (Å²) in [5.74, 6) is -4.15. The summed E-state index contributed by atoms with van der Waals surface area (Å²) in [6, 6.07) is 16.7. The second kappa shape index (κ2) is 16.3. The average Bonchev–Trinajstić information content (AvgIpc) is 2.95. The largest absolute Gasteiger partial charge is 0.481 e. The zero-order chi connectivity index (χ0) is 31.3. The van der Waals surface area contributed by atoms with Gasteiger partial charge in [0.05, 0.1) is 23.9 Å². The lowest BCUT2D eigenvalue weighted by atomic mass is 9.82.